The molecule has 0 bridgehead atoms. The molecule has 4 rings (SSSR count). The molecular weight excluding hydrogens is 344 g/mol. The third-order valence-electron chi connectivity index (χ3n) is 4.84. The number of imidazole rings is 1. The summed E-state index contributed by atoms with van der Waals surface area (Å²) in [6.45, 7) is 5.62. The summed E-state index contributed by atoms with van der Waals surface area (Å²) in [5.74, 6) is 0.945. The Morgan fingerprint density at radius 2 is 2.19 bits per heavy atom. The molecule has 2 aromatic heterocycles. The standard InChI is InChI=1S/C20H22N4OS/c1-13-3-4-16-15(9-13)14(2)10-19(23-16)26-8-6-20(25)24-7-5-17-18(11-24)22-12-21-17/h3-4,9-10,12H,5-8,11H2,1-2H3,(H,21,22). The van der Waals surface area contributed by atoms with Gasteiger partial charge in [-0.3, -0.25) is 4.79 Å². The quantitative estimate of drug-likeness (QED) is 0.716. The number of nitrogens with one attached hydrogen (secondary N) is 1. The van der Waals surface area contributed by atoms with Gasteiger partial charge in [0, 0.05) is 30.5 Å². The van der Waals surface area contributed by atoms with Gasteiger partial charge in [-0.2, -0.15) is 0 Å². The van der Waals surface area contributed by atoms with Gasteiger partial charge in [0.2, 0.25) is 5.91 Å². The van der Waals surface area contributed by atoms with E-state index in [9.17, 15) is 4.79 Å². The van der Waals surface area contributed by atoms with E-state index in [-0.39, 0.29) is 5.91 Å². The fraction of sp³-hybridized carbons (Fsp3) is 0.350. The highest BCUT2D eigenvalue weighted by Gasteiger charge is 2.21. The van der Waals surface area contributed by atoms with Crippen molar-refractivity contribution < 1.29 is 4.79 Å². The largest absolute Gasteiger partial charge is 0.347 e. The molecule has 134 valence electrons. The Balaban J connectivity index is 1.37. The monoisotopic (exact) mass is 366 g/mol. The fourth-order valence-electron chi connectivity index (χ4n) is 3.38. The van der Waals surface area contributed by atoms with Crippen molar-refractivity contribution in [1.82, 2.24) is 19.9 Å². The third kappa shape index (κ3) is 3.46. The third-order valence-corrected chi connectivity index (χ3v) is 5.75. The molecule has 1 N–H and O–H groups in total. The number of hydrogen-bond acceptors (Lipinski definition) is 4. The summed E-state index contributed by atoms with van der Waals surface area (Å²) in [5, 5.41) is 2.19. The molecule has 0 radical (unpaired) electrons. The van der Waals surface area contributed by atoms with Crippen LogP contribution in [-0.4, -0.2) is 38.1 Å². The van der Waals surface area contributed by atoms with E-state index < -0.39 is 0 Å². The number of aromatic nitrogens is 3. The number of rotatable bonds is 4. The van der Waals surface area contributed by atoms with Crippen LogP contribution in [0.25, 0.3) is 10.9 Å². The molecule has 0 aliphatic carbocycles. The highest BCUT2D eigenvalue weighted by molar-refractivity contribution is 7.99. The molecule has 6 heteroatoms. The number of aryl methyl sites for hydroxylation is 2. The second kappa shape index (κ2) is 7.11. The van der Waals surface area contributed by atoms with Crippen LogP contribution in [0.5, 0.6) is 0 Å². The maximum atomic E-state index is 12.5. The van der Waals surface area contributed by atoms with Crippen molar-refractivity contribution in [3.63, 3.8) is 0 Å². The van der Waals surface area contributed by atoms with Crippen molar-refractivity contribution >= 4 is 28.6 Å². The Hall–Kier alpha value is -2.34. The smallest absolute Gasteiger partial charge is 0.223 e. The zero-order chi connectivity index (χ0) is 18.1. The van der Waals surface area contributed by atoms with E-state index in [1.807, 2.05) is 4.90 Å². The summed E-state index contributed by atoms with van der Waals surface area (Å²) < 4.78 is 0. The average Bonchev–Trinajstić information content (AvgIpc) is 3.10. The van der Waals surface area contributed by atoms with E-state index >= 15 is 0 Å². The number of carbonyl (C=O) groups excluding carboxylic acids is 1. The van der Waals surface area contributed by atoms with Crippen LogP contribution >= 0.6 is 11.8 Å². The topological polar surface area (TPSA) is 61.9 Å². The number of benzene rings is 1. The van der Waals surface area contributed by atoms with Gasteiger partial charge >= 0.3 is 0 Å². The first-order valence-electron chi connectivity index (χ1n) is 8.90. The van der Waals surface area contributed by atoms with Crippen LogP contribution in [0.3, 0.4) is 0 Å². The van der Waals surface area contributed by atoms with E-state index in [4.69, 9.17) is 4.98 Å². The molecule has 0 atom stereocenters. The minimum absolute atomic E-state index is 0.200. The summed E-state index contributed by atoms with van der Waals surface area (Å²) >= 11 is 1.65. The second-order valence-corrected chi connectivity index (χ2v) is 7.90. The van der Waals surface area contributed by atoms with Gasteiger partial charge in [-0.15, -0.1) is 11.8 Å². The predicted molar refractivity (Wildman–Crippen MR) is 104 cm³/mol. The summed E-state index contributed by atoms with van der Waals surface area (Å²) in [6, 6.07) is 8.46. The van der Waals surface area contributed by atoms with Gasteiger partial charge in [0.15, 0.2) is 0 Å². The highest BCUT2D eigenvalue weighted by atomic mass is 32.2. The molecule has 1 aliphatic rings. The van der Waals surface area contributed by atoms with E-state index in [0.29, 0.717) is 13.0 Å². The van der Waals surface area contributed by atoms with Gasteiger partial charge in [0.25, 0.3) is 0 Å². The first-order chi connectivity index (χ1) is 12.6. The van der Waals surface area contributed by atoms with Gasteiger partial charge in [-0.1, -0.05) is 11.6 Å². The van der Waals surface area contributed by atoms with E-state index in [2.05, 4.69) is 48.1 Å². The molecular formula is C20H22N4OS. The number of H-pyrrole nitrogens is 1. The van der Waals surface area contributed by atoms with Crippen molar-refractivity contribution in [3.8, 4) is 0 Å². The van der Waals surface area contributed by atoms with Crippen LogP contribution in [0.15, 0.2) is 35.6 Å². The Kier molecular flexibility index (Phi) is 4.68. The molecule has 0 saturated heterocycles. The Labute approximate surface area is 157 Å². The molecule has 3 heterocycles. The highest BCUT2D eigenvalue weighted by Crippen LogP contribution is 2.25. The number of nitrogens with zero attached hydrogens (tertiary/aromatic N) is 3. The lowest BCUT2D eigenvalue weighted by atomic mass is 10.1. The van der Waals surface area contributed by atoms with Crippen LogP contribution < -0.4 is 0 Å². The molecule has 0 saturated carbocycles. The first-order valence-corrected chi connectivity index (χ1v) is 9.88. The molecule has 1 aromatic carbocycles. The van der Waals surface area contributed by atoms with Gasteiger partial charge in [0.05, 0.1) is 34.8 Å². The summed E-state index contributed by atoms with van der Waals surface area (Å²) in [5.41, 5.74) is 5.66. The zero-order valence-electron chi connectivity index (χ0n) is 15.1. The van der Waals surface area contributed by atoms with Gasteiger partial charge < -0.3 is 9.88 Å². The van der Waals surface area contributed by atoms with Crippen molar-refractivity contribution in [2.24, 2.45) is 0 Å². The number of carbonyl (C=O) groups is 1. The van der Waals surface area contributed by atoms with Crippen LogP contribution in [-0.2, 0) is 17.8 Å². The number of amides is 1. The van der Waals surface area contributed by atoms with Crippen molar-refractivity contribution in [2.75, 3.05) is 12.3 Å². The van der Waals surface area contributed by atoms with Gasteiger partial charge in [-0.25, -0.2) is 9.97 Å². The Bertz CT molecular complexity index is 966. The molecule has 5 nitrogen and oxygen atoms in total. The minimum Gasteiger partial charge on any atom is -0.347 e. The zero-order valence-corrected chi connectivity index (χ0v) is 15.9. The second-order valence-electron chi connectivity index (χ2n) is 6.79. The molecule has 0 fully saturated rings. The number of aromatic amines is 1. The van der Waals surface area contributed by atoms with E-state index in [0.717, 1.165) is 40.6 Å². The minimum atomic E-state index is 0.200. The van der Waals surface area contributed by atoms with Gasteiger partial charge in [0.1, 0.15) is 0 Å². The van der Waals surface area contributed by atoms with Crippen LogP contribution in [0, 0.1) is 13.8 Å². The fourth-order valence-corrected chi connectivity index (χ4v) is 4.29. The predicted octanol–water partition coefficient (Wildman–Crippen LogP) is 3.64. The molecule has 0 unspecified atom stereocenters. The lowest BCUT2D eigenvalue weighted by Gasteiger charge is -2.26. The summed E-state index contributed by atoms with van der Waals surface area (Å²) in [4.78, 5) is 26.6. The van der Waals surface area contributed by atoms with Crippen molar-refractivity contribution in [2.45, 2.75) is 38.3 Å². The van der Waals surface area contributed by atoms with E-state index in [1.165, 1.54) is 16.5 Å². The molecule has 26 heavy (non-hydrogen) atoms. The number of thioether (sulfide) groups is 1. The number of pyridine rings is 1. The lowest BCUT2D eigenvalue weighted by molar-refractivity contribution is -0.131. The SMILES string of the molecule is Cc1ccc2nc(SCCC(=O)N3CCc4nc[nH]c4C3)cc(C)c2c1. The number of fused-ring (bicyclic) bond motifs is 2. The van der Waals surface area contributed by atoms with Crippen LogP contribution in [0.4, 0.5) is 0 Å². The van der Waals surface area contributed by atoms with Crippen LogP contribution in [0.1, 0.15) is 28.9 Å². The molecule has 3 aromatic rings. The van der Waals surface area contributed by atoms with Crippen molar-refractivity contribution in [1.29, 1.82) is 0 Å². The van der Waals surface area contributed by atoms with Crippen LogP contribution in [0.2, 0.25) is 0 Å². The normalized spacial score (nSPS) is 13.8. The average molecular weight is 366 g/mol. The number of hydrogen-bond donors (Lipinski definition) is 1. The maximum Gasteiger partial charge on any atom is 0.223 e. The van der Waals surface area contributed by atoms with Gasteiger partial charge in [-0.05, 0) is 37.6 Å². The summed E-state index contributed by atoms with van der Waals surface area (Å²) in [6.07, 6.45) is 3.08. The lowest BCUT2D eigenvalue weighted by Crippen LogP contribution is -2.36. The first kappa shape index (κ1) is 17.1. The Morgan fingerprint density at radius 1 is 1.31 bits per heavy atom. The maximum absolute atomic E-state index is 12.5. The molecule has 1 aliphatic heterocycles. The molecule has 0 spiro atoms. The summed E-state index contributed by atoms with van der Waals surface area (Å²) in [7, 11) is 0. The van der Waals surface area contributed by atoms with Crippen molar-refractivity contribution in [3.05, 3.63) is 53.1 Å². The molecule has 1 amide bonds. The van der Waals surface area contributed by atoms with E-state index in [1.54, 1.807) is 18.1 Å². The Morgan fingerprint density at radius 3 is 3.08 bits per heavy atom.